The van der Waals surface area contributed by atoms with Gasteiger partial charge in [0.15, 0.2) is 11.6 Å². The van der Waals surface area contributed by atoms with Crippen LogP contribution in [0.2, 0.25) is 0 Å². The summed E-state index contributed by atoms with van der Waals surface area (Å²) < 4.78 is 2.02. The van der Waals surface area contributed by atoms with Gasteiger partial charge in [-0.1, -0.05) is 6.07 Å². The summed E-state index contributed by atoms with van der Waals surface area (Å²) in [5.41, 5.74) is 0.888. The van der Waals surface area contributed by atoms with Gasteiger partial charge in [-0.15, -0.1) is 10.2 Å². The Morgan fingerprint density at radius 2 is 2.25 bits per heavy atom. The number of fused-ring (bicyclic) bond motifs is 1. The Kier molecular flexibility index (Phi) is 3.80. The number of hydrogen-bond acceptors (Lipinski definition) is 3. The number of aromatic nitrogens is 3. The van der Waals surface area contributed by atoms with Gasteiger partial charge < -0.3 is 10.6 Å². The van der Waals surface area contributed by atoms with E-state index in [1.807, 2.05) is 28.8 Å². The third-order valence-corrected chi connectivity index (χ3v) is 3.50. The normalized spacial score (nSPS) is 15.6. The minimum absolute atomic E-state index is 0.792. The van der Waals surface area contributed by atoms with E-state index in [0.717, 1.165) is 42.9 Å². The van der Waals surface area contributed by atoms with E-state index >= 15 is 0 Å². The maximum Gasteiger partial charge on any atom is 0.190 e. The first kappa shape index (κ1) is 12.9. The molecule has 6 heteroatoms. The summed E-state index contributed by atoms with van der Waals surface area (Å²) in [5, 5.41) is 15.0. The van der Waals surface area contributed by atoms with Crippen molar-refractivity contribution < 1.29 is 0 Å². The Labute approximate surface area is 118 Å². The lowest BCUT2D eigenvalue weighted by atomic mass is 10.4. The van der Waals surface area contributed by atoms with E-state index in [1.54, 1.807) is 7.05 Å². The van der Waals surface area contributed by atoms with Crippen molar-refractivity contribution in [1.29, 1.82) is 0 Å². The van der Waals surface area contributed by atoms with E-state index in [0.29, 0.717) is 0 Å². The molecule has 2 aromatic rings. The molecule has 20 heavy (non-hydrogen) atoms. The van der Waals surface area contributed by atoms with E-state index < -0.39 is 0 Å². The van der Waals surface area contributed by atoms with E-state index in [9.17, 15) is 0 Å². The highest BCUT2D eigenvalue weighted by molar-refractivity contribution is 5.79. The number of aliphatic imine (C=N–C) groups is 1. The van der Waals surface area contributed by atoms with Crippen molar-refractivity contribution in [2.24, 2.45) is 10.9 Å². The van der Waals surface area contributed by atoms with Gasteiger partial charge in [-0.2, -0.15) is 0 Å². The molecule has 0 radical (unpaired) electrons. The molecule has 0 amide bonds. The fourth-order valence-electron chi connectivity index (χ4n) is 2.14. The average molecular weight is 272 g/mol. The highest BCUT2D eigenvalue weighted by atomic mass is 15.2. The lowest BCUT2D eigenvalue weighted by Gasteiger charge is -2.10. The molecule has 1 aliphatic rings. The maximum atomic E-state index is 4.22. The summed E-state index contributed by atoms with van der Waals surface area (Å²) in [5.74, 6) is 2.67. The number of pyridine rings is 1. The van der Waals surface area contributed by atoms with Gasteiger partial charge in [0.05, 0.1) is 0 Å². The zero-order valence-corrected chi connectivity index (χ0v) is 11.7. The topological polar surface area (TPSA) is 66.6 Å². The SMILES string of the molecule is CN=C(NCCc1nnc2ccccn12)NCC1CC1. The maximum absolute atomic E-state index is 4.22. The quantitative estimate of drug-likeness (QED) is 0.625. The van der Waals surface area contributed by atoms with Crippen molar-refractivity contribution in [3.8, 4) is 0 Å². The molecule has 2 N–H and O–H groups in total. The Morgan fingerprint density at radius 1 is 1.35 bits per heavy atom. The van der Waals surface area contributed by atoms with E-state index in [-0.39, 0.29) is 0 Å². The highest BCUT2D eigenvalue weighted by Gasteiger charge is 2.20. The Hall–Kier alpha value is -2.11. The van der Waals surface area contributed by atoms with Gasteiger partial charge in [-0.3, -0.25) is 9.39 Å². The molecule has 0 unspecified atom stereocenters. The van der Waals surface area contributed by atoms with E-state index in [2.05, 4.69) is 25.8 Å². The van der Waals surface area contributed by atoms with Gasteiger partial charge in [-0.05, 0) is 30.9 Å². The van der Waals surface area contributed by atoms with E-state index in [4.69, 9.17) is 0 Å². The van der Waals surface area contributed by atoms with Crippen molar-refractivity contribution in [3.63, 3.8) is 0 Å². The minimum Gasteiger partial charge on any atom is -0.356 e. The summed E-state index contributed by atoms with van der Waals surface area (Å²) in [6, 6.07) is 5.92. The number of nitrogens with zero attached hydrogens (tertiary/aromatic N) is 4. The molecule has 1 fully saturated rings. The zero-order chi connectivity index (χ0) is 13.8. The Bertz CT molecular complexity index is 598. The minimum atomic E-state index is 0.792. The molecule has 0 aromatic carbocycles. The third-order valence-electron chi connectivity index (χ3n) is 3.50. The van der Waals surface area contributed by atoms with Crippen LogP contribution in [0.5, 0.6) is 0 Å². The third kappa shape index (κ3) is 3.07. The molecular formula is C14H20N6. The van der Waals surface area contributed by atoms with Crippen LogP contribution in [0.3, 0.4) is 0 Å². The summed E-state index contributed by atoms with van der Waals surface area (Å²) in [6.07, 6.45) is 5.49. The second-order valence-corrected chi connectivity index (χ2v) is 5.12. The molecule has 0 aliphatic heterocycles. The molecule has 0 saturated heterocycles. The number of nitrogens with one attached hydrogen (secondary N) is 2. The number of rotatable bonds is 5. The Balaban J connectivity index is 1.51. The van der Waals surface area contributed by atoms with E-state index in [1.165, 1.54) is 12.8 Å². The van der Waals surface area contributed by atoms with Gasteiger partial charge in [0, 0.05) is 32.8 Å². The molecule has 1 saturated carbocycles. The first-order valence-electron chi connectivity index (χ1n) is 7.10. The lowest BCUT2D eigenvalue weighted by molar-refractivity contribution is 0.724. The van der Waals surface area contributed by atoms with Crippen LogP contribution in [0.1, 0.15) is 18.7 Å². The van der Waals surface area contributed by atoms with Crippen molar-refractivity contribution >= 4 is 11.6 Å². The number of hydrogen-bond donors (Lipinski definition) is 2. The first-order valence-corrected chi connectivity index (χ1v) is 7.10. The van der Waals surface area contributed by atoms with Gasteiger partial charge >= 0.3 is 0 Å². The molecule has 1 aliphatic carbocycles. The zero-order valence-electron chi connectivity index (χ0n) is 11.7. The van der Waals surface area contributed by atoms with Crippen LogP contribution in [0, 0.1) is 5.92 Å². The summed E-state index contributed by atoms with van der Waals surface area (Å²) >= 11 is 0. The highest BCUT2D eigenvalue weighted by Crippen LogP contribution is 2.27. The lowest BCUT2D eigenvalue weighted by Crippen LogP contribution is -2.39. The molecule has 2 heterocycles. The van der Waals surface area contributed by atoms with Gasteiger partial charge in [0.2, 0.25) is 0 Å². The largest absolute Gasteiger partial charge is 0.356 e. The summed E-state index contributed by atoms with van der Waals surface area (Å²) in [6.45, 7) is 1.81. The van der Waals surface area contributed by atoms with Crippen molar-refractivity contribution in [3.05, 3.63) is 30.2 Å². The fourth-order valence-corrected chi connectivity index (χ4v) is 2.14. The Morgan fingerprint density at radius 3 is 3.05 bits per heavy atom. The van der Waals surface area contributed by atoms with Crippen LogP contribution in [0.4, 0.5) is 0 Å². The molecule has 106 valence electrons. The van der Waals surface area contributed by atoms with Gasteiger partial charge in [0.25, 0.3) is 0 Å². The predicted molar refractivity (Wildman–Crippen MR) is 78.8 cm³/mol. The smallest absolute Gasteiger partial charge is 0.190 e. The molecule has 0 spiro atoms. The molecule has 3 rings (SSSR count). The van der Waals surface area contributed by atoms with Crippen LogP contribution in [0.15, 0.2) is 29.4 Å². The second-order valence-electron chi connectivity index (χ2n) is 5.12. The molecule has 2 aromatic heterocycles. The molecule has 0 atom stereocenters. The van der Waals surface area contributed by atoms with Crippen LogP contribution >= 0.6 is 0 Å². The average Bonchev–Trinajstić information content (AvgIpc) is 3.23. The standard InChI is InChI=1S/C14H20N6/c1-15-14(17-10-11-5-6-11)16-8-7-13-19-18-12-4-2-3-9-20(12)13/h2-4,9,11H,5-8,10H2,1H3,(H2,15,16,17). The van der Waals surface area contributed by atoms with Gasteiger partial charge in [0.1, 0.15) is 5.82 Å². The predicted octanol–water partition coefficient (Wildman–Crippen LogP) is 0.847. The van der Waals surface area contributed by atoms with Crippen LogP contribution in [0.25, 0.3) is 5.65 Å². The fraction of sp³-hybridized carbons (Fsp3) is 0.500. The van der Waals surface area contributed by atoms with Gasteiger partial charge in [-0.25, -0.2) is 0 Å². The van der Waals surface area contributed by atoms with Crippen LogP contribution in [-0.4, -0.2) is 40.7 Å². The number of guanidine groups is 1. The molecule has 0 bridgehead atoms. The first-order chi connectivity index (χ1) is 9.86. The second kappa shape index (κ2) is 5.90. The van der Waals surface area contributed by atoms with Crippen molar-refractivity contribution in [2.45, 2.75) is 19.3 Å². The molecular weight excluding hydrogens is 252 g/mol. The van der Waals surface area contributed by atoms with Crippen molar-refractivity contribution in [1.82, 2.24) is 25.2 Å². The van der Waals surface area contributed by atoms with Crippen LogP contribution in [-0.2, 0) is 6.42 Å². The van der Waals surface area contributed by atoms with Crippen LogP contribution < -0.4 is 10.6 Å². The molecule has 6 nitrogen and oxygen atoms in total. The van der Waals surface area contributed by atoms with Crippen molar-refractivity contribution in [2.75, 3.05) is 20.1 Å². The summed E-state index contributed by atoms with van der Waals surface area (Å²) in [7, 11) is 1.80. The summed E-state index contributed by atoms with van der Waals surface area (Å²) in [4.78, 5) is 4.22. The monoisotopic (exact) mass is 272 g/mol.